The SMILES string of the molecule is CN1CC(C(=O)NCc2ccc3c(-c4cccc(C(N)=S)c4)cn(C4CCN(SC(F)(F)F)CC4)c3c2)C1. The van der Waals surface area contributed by atoms with E-state index in [1.807, 2.05) is 37.4 Å². The number of halogens is 3. The number of thiocarbonyl (C=S) groups is 1. The monoisotopic (exact) mass is 561 g/mol. The summed E-state index contributed by atoms with van der Waals surface area (Å²) in [7, 11) is 1.99. The Morgan fingerprint density at radius 1 is 1.16 bits per heavy atom. The average molecular weight is 562 g/mol. The molecule has 2 aliphatic heterocycles. The van der Waals surface area contributed by atoms with Crippen molar-refractivity contribution in [3.05, 3.63) is 59.8 Å². The number of alkyl halides is 3. The fourth-order valence-corrected chi connectivity index (χ4v) is 6.15. The fourth-order valence-electron chi connectivity index (χ4n) is 5.34. The Bertz CT molecular complexity index is 1340. The maximum absolute atomic E-state index is 12.9. The summed E-state index contributed by atoms with van der Waals surface area (Å²) in [5.74, 6) is 0.0863. The summed E-state index contributed by atoms with van der Waals surface area (Å²) in [6.07, 6.45) is 3.30. The minimum Gasteiger partial charge on any atom is -0.389 e. The van der Waals surface area contributed by atoms with Crippen molar-refractivity contribution >= 4 is 46.0 Å². The van der Waals surface area contributed by atoms with Crippen LogP contribution in [0.2, 0.25) is 0 Å². The smallest absolute Gasteiger partial charge is 0.389 e. The Labute approximate surface area is 229 Å². The van der Waals surface area contributed by atoms with Gasteiger partial charge in [-0.15, -0.1) is 0 Å². The average Bonchev–Trinajstić information content (AvgIpc) is 3.24. The Morgan fingerprint density at radius 2 is 1.89 bits per heavy atom. The molecule has 3 N–H and O–H groups in total. The number of carbonyl (C=O) groups is 1. The number of rotatable bonds is 7. The zero-order chi connectivity index (χ0) is 27.0. The second-order valence-electron chi connectivity index (χ2n) is 10.1. The molecule has 3 heterocycles. The van der Waals surface area contributed by atoms with Crippen molar-refractivity contribution < 1.29 is 18.0 Å². The number of nitrogens with zero attached hydrogens (tertiary/aromatic N) is 3. The Hall–Kier alpha value is -2.60. The lowest BCUT2D eigenvalue weighted by molar-refractivity contribution is -0.129. The van der Waals surface area contributed by atoms with Gasteiger partial charge in [-0.2, -0.15) is 13.2 Å². The summed E-state index contributed by atoms with van der Waals surface area (Å²) in [4.78, 5) is 14.9. The van der Waals surface area contributed by atoms with E-state index in [1.54, 1.807) is 0 Å². The number of benzene rings is 2. The van der Waals surface area contributed by atoms with Crippen molar-refractivity contribution in [2.24, 2.45) is 11.7 Å². The standard InChI is InChI=1S/C27H30F3N5OS2/c1-33-14-20(15-33)26(36)32-13-17-5-6-22-23(18-3-2-4-19(12-18)25(31)37)16-35(24(22)11-17)21-7-9-34(10-8-21)38-27(28,29)30/h2-6,11-12,16,20-21H,7-10,13-15H2,1H3,(H2,31,37)(H,32,36). The van der Waals surface area contributed by atoms with Gasteiger partial charge in [0.15, 0.2) is 0 Å². The molecule has 0 spiro atoms. The molecule has 6 nitrogen and oxygen atoms in total. The number of fused-ring (bicyclic) bond motifs is 1. The molecule has 3 aromatic rings. The molecule has 0 atom stereocenters. The van der Waals surface area contributed by atoms with Crippen molar-refractivity contribution in [2.45, 2.75) is 30.9 Å². The lowest BCUT2D eigenvalue weighted by atomic mass is 10.00. The van der Waals surface area contributed by atoms with Crippen LogP contribution in [-0.2, 0) is 11.3 Å². The minimum atomic E-state index is -4.27. The first-order valence-corrected chi connectivity index (χ1v) is 13.8. The highest BCUT2D eigenvalue weighted by Crippen LogP contribution is 2.39. The highest BCUT2D eigenvalue weighted by molar-refractivity contribution is 7.97. The second-order valence-corrected chi connectivity index (χ2v) is 11.7. The van der Waals surface area contributed by atoms with Gasteiger partial charge >= 0.3 is 5.51 Å². The molecule has 2 fully saturated rings. The van der Waals surface area contributed by atoms with Crippen molar-refractivity contribution in [1.29, 1.82) is 0 Å². The Kier molecular flexibility index (Phi) is 7.72. The van der Waals surface area contributed by atoms with Crippen LogP contribution >= 0.6 is 24.2 Å². The molecule has 202 valence electrons. The van der Waals surface area contributed by atoms with E-state index in [0.29, 0.717) is 37.5 Å². The van der Waals surface area contributed by atoms with Crippen LogP contribution in [0.4, 0.5) is 13.2 Å². The number of aromatic nitrogens is 1. The molecule has 1 amide bonds. The normalized spacial score (nSPS) is 18.0. The van der Waals surface area contributed by atoms with Gasteiger partial charge in [-0.25, -0.2) is 4.31 Å². The van der Waals surface area contributed by atoms with Gasteiger partial charge in [0.2, 0.25) is 5.91 Å². The van der Waals surface area contributed by atoms with Crippen molar-refractivity contribution in [2.75, 3.05) is 33.2 Å². The van der Waals surface area contributed by atoms with Gasteiger partial charge in [-0.05, 0) is 43.1 Å². The summed E-state index contributed by atoms with van der Waals surface area (Å²) in [5, 5.41) is 4.09. The molecule has 5 rings (SSSR count). The summed E-state index contributed by atoms with van der Waals surface area (Å²) >= 11 is 5.14. The third-order valence-corrected chi connectivity index (χ3v) is 8.37. The minimum absolute atomic E-state index is 0.0276. The molecule has 0 unspecified atom stereocenters. The van der Waals surface area contributed by atoms with Gasteiger partial charge in [-0.3, -0.25) is 4.79 Å². The van der Waals surface area contributed by atoms with Crippen LogP contribution in [0.15, 0.2) is 48.7 Å². The van der Waals surface area contributed by atoms with Crippen molar-refractivity contribution in [1.82, 2.24) is 19.1 Å². The molecule has 0 aliphatic carbocycles. The molecule has 0 radical (unpaired) electrons. The van der Waals surface area contributed by atoms with Gasteiger partial charge < -0.3 is 20.5 Å². The second kappa shape index (κ2) is 10.9. The van der Waals surface area contributed by atoms with Crippen LogP contribution in [0.1, 0.15) is 30.0 Å². The molecular formula is C27H30F3N5OS2. The van der Waals surface area contributed by atoms with Crippen LogP contribution in [0.5, 0.6) is 0 Å². The summed E-state index contributed by atoms with van der Waals surface area (Å²) in [6, 6.07) is 14.0. The molecule has 2 saturated heterocycles. The number of nitrogens with one attached hydrogen (secondary N) is 1. The molecule has 2 aliphatic rings. The van der Waals surface area contributed by atoms with Crippen LogP contribution in [-0.4, -0.2) is 63.4 Å². The molecule has 11 heteroatoms. The highest BCUT2D eigenvalue weighted by atomic mass is 32.2. The lowest BCUT2D eigenvalue weighted by Crippen LogP contribution is -2.51. The van der Waals surface area contributed by atoms with Crippen LogP contribution < -0.4 is 11.1 Å². The Balaban J connectivity index is 1.44. The van der Waals surface area contributed by atoms with E-state index < -0.39 is 5.51 Å². The molecule has 2 aromatic carbocycles. The van der Waals surface area contributed by atoms with Gasteiger partial charge in [0.05, 0.1) is 5.92 Å². The van der Waals surface area contributed by atoms with Gasteiger partial charge in [0, 0.05) is 78.9 Å². The highest BCUT2D eigenvalue weighted by Gasteiger charge is 2.35. The molecule has 38 heavy (non-hydrogen) atoms. The van der Waals surface area contributed by atoms with E-state index >= 15 is 0 Å². The number of hydrogen-bond acceptors (Lipinski definition) is 5. The molecular weight excluding hydrogens is 531 g/mol. The lowest BCUT2D eigenvalue weighted by Gasteiger charge is -2.34. The first kappa shape index (κ1) is 27.0. The first-order chi connectivity index (χ1) is 18.1. The molecule has 0 saturated carbocycles. The van der Waals surface area contributed by atoms with Crippen LogP contribution in [0.25, 0.3) is 22.0 Å². The van der Waals surface area contributed by atoms with E-state index in [9.17, 15) is 18.0 Å². The van der Waals surface area contributed by atoms with E-state index in [1.165, 1.54) is 4.31 Å². The van der Waals surface area contributed by atoms with E-state index in [2.05, 4.69) is 33.1 Å². The number of carbonyl (C=O) groups excluding carboxylic acids is 1. The quantitative estimate of drug-likeness (QED) is 0.315. The van der Waals surface area contributed by atoms with Crippen LogP contribution in [0.3, 0.4) is 0 Å². The number of piperidine rings is 1. The zero-order valence-corrected chi connectivity index (χ0v) is 22.6. The van der Waals surface area contributed by atoms with Crippen LogP contribution in [0, 0.1) is 5.92 Å². The van der Waals surface area contributed by atoms with Crippen molar-refractivity contribution in [3.63, 3.8) is 0 Å². The first-order valence-electron chi connectivity index (χ1n) is 12.6. The number of amides is 1. The molecule has 1 aromatic heterocycles. The van der Waals surface area contributed by atoms with Gasteiger partial charge in [0.25, 0.3) is 0 Å². The maximum Gasteiger partial charge on any atom is 0.456 e. The van der Waals surface area contributed by atoms with E-state index in [-0.39, 0.29) is 29.8 Å². The van der Waals surface area contributed by atoms with Gasteiger partial charge in [0.1, 0.15) is 4.99 Å². The topological polar surface area (TPSA) is 66.5 Å². The summed E-state index contributed by atoms with van der Waals surface area (Å²) < 4.78 is 42.2. The predicted molar refractivity (Wildman–Crippen MR) is 150 cm³/mol. The predicted octanol–water partition coefficient (Wildman–Crippen LogP) is 4.93. The van der Waals surface area contributed by atoms with E-state index in [4.69, 9.17) is 18.0 Å². The third-order valence-electron chi connectivity index (χ3n) is 7.31. The zero-order valence-electron chi connectivity index (χ0n) is 21.0. The number of hydrogen-bond donors (Lipinski definition) is 2. The third kappa shape index (κ3) is 6.01. The molecule has 0 bridgehead atoms. The maximum atomic E-state index is 12.9. The van der Waals surface area contributed by atoms with Gasteiger partial charge in [-0.1, -0.05) is 42.5 Å². The Morgan fingerprint density at radius 3 is 2.55 bits per heavy atom. The number of likely N-dealkylation sites (tertiary alicyclic amines) is 1. The summed E-state index contributed by atoms with van der Waals surface area (Å²) in [6.45, 7) is 2.67. The fraction of sp³-hybridized carbons (Fsp3) is 0.407. The van der Waals surface area contributed by atoms with E-state index in [0.717, 1.165) is 46.2 Å². The van der Waals surface area contributed by atoms with Crippen molar-refractivity contribution in [3.8, 4) is 11.1 Å². The number of nitrogens with two attached hydrogens (primary N) is 1. The largest absolute Gasteiger partial charge is 0.456 e. The summed E-state index contributed by atoms with van der Waals surface area (Å²) in [5.41, 5.74) is 6.34.